The number of benzene rings is 2. The average molecular weight is 465 g/mol. The number of thioether (sulfide) groups is 1. The van der Waals surface area contributed by atoms with Gasteiger partial charge in [-0.3, -0.25) is 9.36 Å². The summed E-state index contributed by atoms with van der Waals surface area (Å²) in [6, 6.07) is 17.7. The Morgan fingerprint density at radius 2 is 1.94 bits per heavy atom. The zero-order valence-electron chi connectivity index (χ0n) is 18.3. The van der Waals surface area contributed by atoms with Gasteiger partial charge in [0, 0.05) is 5.69 Å². The number of aromatic nitrogens is 3. The number of nitrogens with zero attached hydrogens (tertiary/aromatic N) is 3. The lowest BCUT2D eigenvalue weighted by Gasteiger charge is -2.16. The quantitative estimate of drug-likeness (QED) is 0.353. The van der Waals surface area contributed by atoms with Crippen molar-refractivity contribution in [3.05, 3.63) is 71.1 Å². The number of aryl methyl sites for hydroxylation is 2. The van der Waals surface area contributed by atoms with E-state index in [-0.39, 0.29) is 11.2 Å². The van der Waals surface area contributed by atoms with E-state index in [4.69, 9.17) is 4.74 Å². The van der Waals surface area contributed by atoms with Gasteiger partial charge in [0.05, 0.1) is 22.9 Å². The molecular weight excluding hydrogens is 440 g/mol. The largest absolute Gasteiger partial charge is 0.495 e. The molecule has 0 aliphatic rings. The highest BCUT2D eigenvalue weighted by Gasteiger charge is 2.24. The van der Waals surface area contributed by atoms with E-state index in [0.29, 0.717) is 16.7 Å². The molecule has 0 bridgehead atoms. The van der Waals surface area contributed by atoms with Crippen molar-refractivity contribution < 1.29 is 9.53 Å². The molecule has 4 rings (SSSR count). The first kappa shape index (κ1) is 22.1. The Balaban J connectivity index is 1.65. The Morgan fingerprint density at radius 1 is 1.12 bits per heavy atom. The van der Waals surface area contributed by atoms with Crippen LogP contribution in [0, 0.1) is 13.8 Å². The predicted molar refractivity (Wildman–Crippen MR) is 131 cm³/mol. The number of ether oxygens (including phenoxy) is 1. The topological polar surface area (TPSA) is 69.0 Å². The Morgan fingerprint density at radius 3 is 2.66 bits per heavy atom. The molecule has 32 heavy (non-hydrogen) atoms. The molecule has 0 spiro atoms. The lowest BCUT2D eigenvalue weighted by atomic mass is 10.1. The lowest BCUT2D eigenvalue weighted by molar-refractivity contribution is -0.115. The van der Waals surface area contributed by atoms with Crippen molar-refractivity contribution in [2.24, 2.45) is 0 Å². The van der Waals surface area contributed by atoms with Gasteiger partial charge >= 0.3 is 0 Å². The van der Waals surface area contributed by atoms with Crippen molar-refractivity contribution in [2.75, 3.05) is 12.4 Å². The van der Waals surface area contributed by atoms with Crippen LogP contribution in [0.15, 0.2) is 65.1 Å². The molecule has 164 valence electrons. The molecular formula is C24H24N4O2S2. The van der Waals surface area contributed by atoms with Gasteiger partial charge in [0.15, 0.2) is 11.0 Å². The molecule has 1 N–H and O–H groups in total. The third kappa shape index (κ3) is 4.56. The van der Waals surface area contributed by atoms with Gasteiger partial charge in [-0.25, -0.2) is 0 Å². The van der Waals surface area contributed by atoms with E-state index in [1.54, 1.807) is 18.4 Å². The van der Waals surface area contributed by atoms with Crippen LogP contribution in [-0.4, -0.2) is 33.0 Å². The smallest absolute Gasteiger partial charge is 0.237 e. The number of anilines is 1. The SMILES string of the molecule is COc1ccccc1-n1c(SC(C)C(=O)Nc2ccc(C)cc2C)nnc1-c1cccs1. The van der Waals surface area contributed by atoms with Crippen molar-refractivity contribution in [3.8, 4) is 22.1 Å². The molecule has 6 nitrogen and oxygen atoms in total. The first-order valence-electron chi connectivity index (χ1n) is 10.2. The van der Waals surface area contributed by atoms with Gasteiger partial charge in [0.25, 0.3) is 0 Å². The summed E-state index contributed by atoms with van der Waals surface area (Å²) in [5.41, 5.74) is 3.84. The zero-order chi connectivity index (χ0) is 22.7. The van der Waals surface area contributed by atoms with E-state index < -0.39 is 0 Å². The number of para-hydroxylation sites is 2. The van der Waals surface area contributed by atoms with E-state index in [0.717, 1.165) is 27.4 Å². The standard InChI is InChI=1S/C24H24N4O2S2/c1-15-11-12-18(16(2)14-15)25-23(29)17(3)32-24-27-26-22(21-10-7-13-31-21)28(24)19-8-5-6-9-20(19)30-4/h5-14,17H,1-4H3,(H,25,29). The molecule has 0 saturated heterocycles. The molecule has 0 fully saturated rings. The molecule has 8 heteroatoms. The number of methoxy groups -OCH3 is 1. The fourth-order valence-electron chi connectivity index (χ4n) is 3.34. The second-order valence-corrected chi connectivity index (χ2v) is 9.61. The minimum atomic E-state index is -0.385. The van der Waals surface area contributed by atoms with Crippen LogP contribution < -0.4 is 10.1 Å². The van der Waals surface area contributed by atoms with Gasteiger partial charge in [0.2, 0.25) is 5.91 Å². The Kier molecular flexibility index (Phi) is 6.62. The normalized spacial score (nSPS) is 11.9. The first-order valence-corrected chi connectivity index (χ1v) is 11.9. The third-order valence-electron chi connectivity index (χ3n) is 4.99. The first-order chi connectivity index (χ1) is 15.5. The fraction of sp³-hybridized carbons (Fsp3) is 0.208. The minimum Gasteiger partial charge on any atom is -0.495 e. The van der Waals surface area contributed by atoms with Crippen LogP contribution in [-0.2, 0) is 4.79 Å². The number of hydrogen-bond donors (Lipinski definition) is 1. The molecule has 1 unspecified atom stereocenters. The van der Waals surface area contributed by atoms with Gasteiger partial charge < -0.3 is 10.1 Å². The minimum absolute atomic E-state index is 0.0887. The van der Waals surface area contributed by atoms with Gasteiger partial charge in [-0.15, -0.1) is 21.5 Å². The van der Waals surface area contributed by atoms with Crippen molar-refractivity contribution in [1.82, 2.24) is 14.8 Å². The second-order valence-electron chi connectivity index (χ2n) is 7.36. The zero-order valence-corrected chi connectivity index (χ0v) is 20.0. The maximum absolute atomic E-state index is 12.9. The molecule has 1 amide bonds. The molecule has 0 saturated carbocycles. The summed E-state index contributed by atoms with van der Waals surface area (Å²) >= 11 is 2.95. The third-order valence-corrected chi connectivity index (χ3v) is 6.90. The number of carbonyl (C=O) groups is 1. The molecule has 2 aromatic carbocycles. The number of nitrogens with one attached hydrogen (secondary N) is 1. The van der Waals surface area contributed by atoms with Crippen LogP contribution >= 0.6 is 23.1 Å². The summed E-state index contributed by atoms with van der Waals surface area (Å²) < 4.78 is 7.54. The molecule has 1 atom stereocenters. The summed E-state index contributed by atoms with van der Waals surface area (Å²) in [5, 5.41) is 14.2. The molecule has 2 heterocycles. The average Bonchev–Trinajstić information content (AvgIpc) is 3.45. The van der Waals surface area contributed by atoms with Crippen LogP contribution in [0.1, 0.15) is 18.1 Å². The number of rotatable bonds is 7. The summed E-state index contributed by atoms with van der Waals surface area (Å²) in [6.07, 6.45) is 0. The Bertz CT molecular complexity index is 1230. The van der Waals surface area contributed by atoms with Gasteiger partial charge in [-0.05, 0) is 56.0 Å². The van der Waals surface area contributed by atoms with Crippen LogP contribution in [0.5, 0.6) is 5.75 Å². The van der Waals surface area contributed by atoms with Gasteiger partial charge in [0.1, 0.15) is 5.75 Å². The van der Waals surface area contributed by atoms with Crippen molar-refractivity contribution >= 4 is 34.7 Å². The van der Waals surface area contributed by atoms with Crippen LogP contribution in [0.4, 0.5) is 5.69 Å². The van der Waals surface area contributed by atoms with E-state index in [2.05, 4.69) is 21.6 Å². The van der Waals surface area contributed by atoms with E-state index in [1.165, 1.54) is 11.8 Å². The summed E-state index contributed by atoms with van der Waals surface area (Å²) in [5.74, 6) is 1.34. The highest BCUT2D eigenvalue weighted by Crippen LogP contribution is 2.35. The maximum Gasteiger partial charge on any atom is 0.237 e. The summed E-state index contributed by atoms with van der Waals surface area (Å²) in [7, 11) is 1.64. The number of thiophene rings is 1. The van der Waals surface area contributed by atoms with Crippen molar-refractivity contribution in [3.63, 3.8) is 0 Å². The predicted octanol–water partition coefficient (Wildman–Crippen LogP) is 5.74. The molecule has 0 aliphatic heterocycles. The number of amides is 1. The lowest BCUT2D eigenvalue weighted by Crippen LogP contribution is -2.23. The molecule has 2 aromatic heterocycles. The Hall–Kier alpha value is -3.10. The van der Waals surface area contributed by atoms with Gasteiger partial charge in [-0.2, -0.15) is 0 Å². The Labute approximate surface area is 195 Å². The van der Waals surface area contributed by atoms with Crippen molar-refractivity contribution in [2.45, 2.75) is 31.2 Å². The van der Waals surface area contributed by atoms with Crippen LogP contribution in [0.2, 0.25) is 0 Å². The maximum atomic E-state index is 12.9. The fourth-order valence-corrected chi connectivity index (χ4v) is 4.90. The highest BCUT2D eigenvalue weighted by molar-refractivity contribution is 8.00. The molecule has 0 radical (unpaired) electrons. The van der Waals surface area contributed by atoms with Gasteiger partial charge in [-0.1, -0.05) is 47.7 Å². The summed E-state index contributed by atoms with van der Waals surface area (Å²) in [6.45, 7) is 5.90. The second kappa shape index (κ2) is 9.58. The highest BCUT2D eigenvalue weighted by atomic mass is 32.2. The van der Waals surface area contributed by atoms with Crippen LogP contribution in [0.25, 0.3) is 16.4 Å². The van der Waals surface area contributed by atoms with E-state index >= 15 is 0 Å². The monoisotopic (exact) mass is 464 g/mol. The molecule has 4 aromatic rings. The molecule has 0 aliphatic carbocycles. The van der Waals surface area contributed by atoms with Crippen LogP contribution in [0.3, 0.4) is 0 Å². The number of carbonyl (C=O) groups excluding carboxylic acids is 1. The summed E-state index contributed by atoms with van der Waals surface area (Å²) in [4.78, 5) is 13.9. The van der Waals surface area contributed by atoms with E-state index in [1.807, 2.05) is 79.2 Å². The number of hydrogen-bond acceptors (Lipinski definition) is 6. The van der Waals surface area contributed by atoms with E-state index in [9.17, 15) is 4.79 Å². The van der Waals surface area contributed by atoms with Crippen molar-refractivity contribution in [1.29, 1.82) is 0 Å².